The maximum atomic E-state index is 9.83. The third-order valence-corrected chi connectivity index (χ3v) is 2.75. The van der Waals surface area contributed by atoms with Crippen LogP contribution in [0.4, 0.5) is 0 Å². The molecular weight excluding hydrogens is 369 g/mol. The van der Waals surface area contributed by atoms with E-state index in [-0.39, 0.29) is 29.7 Å². The monoisotopic (exact) mass is 393 g/mol. The Balaban J connectivity index is 0.00000361. The molecule has 0 radical (unpaired) electrons. The Bertz CT molecular complexity index is 425. The molecule has 20 heavy (non-hydrogen) atoms. The Kier molecular flexibility index (Phi) is 9.96. The molecule has 114 valence electrons. The third kappa shape index (κ3) is 6.31. The molecule has 6 heteroatoms. The minimum Gasteiger partial charge on any atom is -0.508 e. The van der Waals surface area contributed by atoms with E-state index in [0.29, 0.717) is 12.3 Å². The van der Waals surface area contributed by atoms with Gasteiger partial charge in [0.15, 0.2) is 5.96 Å². The van der Waals surface area contributed by atoms with E-state index in [9.17, 15) is 5.11 Å². The summed E-state index contributed by atoms with van der Waals surface area (Å²) in [6, 6.07) is 5.34. The number of hydrogen-bond acceptors (Lipinski definition) is 3. The molecule has 0 aliphatic rings. The van der Waals surface area contributed by atoms with E-state index in [4.69, 9.17) is 4.74 Å². The Morgan fingerprint density at radius 1 is 1.30 bits per heavy atom. The number of aliphatic imine (C=N–C) groups is 1. The molecule has 0 saturated carbocycles. The molecular formula is C14H24IN3O2. The van der Waals surface area contributed by atoms with Crippen LogP contribution in [0.5, 0.6) is 11.5 Å². The van der Waals surface area contributed by atoms with Crippen LogP contribution in [0.15, 0.2) is 23.2 Å². The van der Waals surface area contributed by atoms with Gasteiger partial charge in [0.1, 0.15) is 11.5 Å². The van der Waals surface area contributed by atoms with Crippen molar-refractivity contribution in [3.05, 3.63) is 23.8 Å². The van der Waals surface area contributed by atoms with E-state index >= 15 is 0 Å². The summed E-state index contributed by atoms with van der Waals surface area (Å²) in [4.78, 5) is 4.12. The van der Waals surface area contributed by atoms with Crippen molar-refractivity contribution >= 4 is 29.9 Å². The van der Waals surface area contributed by atoms with Gasteiger partial charge in [-0.2, -0.15) is 0 Å². The van der Waals surface area contributed by atoms with E-state index in [1.165, 1.54) is 0 Å². The van der Waals surface area contributed by atoms with Crippen LogP contribution in [0.2, 0.25) is 0 Å². The van der Waals surface area contributed by atoms with Gasteiger partial charge in [0, 0.05) is 26.2 Å². The number of rotatable bonds is 6. The van der Waals surface area contributed by atoms with Gasteiger partial charge >= 0.3 is 0 Å². The fourth-order valence-electron chi connectivity index (χ4n) is 1.66. The first-order valence-corrected chi connectivity index (χ1v) is 6.51. The van der Waals surface area contributed by atoms with Crippen molar-refractivity contribution < 1.29 is 9.84 Å². The lowest BCUT2D eigenvalue weighted by Gasteiger charge is -2.12. The molecule has 0 spiro atoms. The Hall–Kier alpha value is -1.18. The molecule has 5 nitrogen and oxygen atoms in total. The fraction of sp³-hybridized carbons (Fsp3) is 0.500. The molecule has 0 heterocycles. The first-order chi connectivity index (χ1) is 9.21. The van der Waals surface area contributed by atoms with Gasteiger partial charge in [-0.25, -0.2) is 0 Å². The maximum Gasteiger partial charge on any atom is 0.190 e. The SMILES string of the molecule is CCCNC(=NC)NCCc1ccc(OC)cc1O.I. The van der Waals surface area contributed by atoms with Crippen molar-refractivity contribution in [2.24, 2.45) is 4.99 Å². The lowest BCUT2D eigenvalue weighted by Crippen LogP contribution is -2.38. The standard InChI is InChI=1S/C14H23N3O2.HI/c1-4-8-16-14(15-2)17-9-7-11-5-6-12(19-3)10-13(11)18;/h5-6,10,18H,4,7-9H2,1-3H3,(H2,15,16,17);1H. The van der Waals surface area contributed by atoms with Gasteiger partial charge in [0.05, 0.1) is 7.11 Å². The van der Waals surface area contributed by atoms with Gasteiger partial charge in [-0.05, 0) is 24.5 Å². The number of guanidine groups is 1. The summed E-state index contributed by atoms with van der Waals surface area (Å²) in [5.74, 6) is 1.71. The Morgan fingerprint density at radius 3 is 2.55 bits per heavy atom. The second kappa shape index (κ2) is 10.6. The van der Waals surface area contributed by atoms with Crippen LogP contribution >= 0.6 is 24.0 Å². The Labute approximate surface area is 137 Å². The number of hydrogen-bond donors (Lipinski definition) is 3. The van der Waals surface area contributed by atoms with Crippen LogP contribution < -0.4 is 15.4 Å². The number of nitrogens with one attached hydrogen (secondary N) is 2. The zero-order valence-corrected chi connectivity index (χ0v) is 14.6. The average Bonchev–Trinajstić information content (AvgIpc) is 2.44. The van der Waals surface area contributed by atoms with Gasteiger partial charge in [-0.1, -0.05) is 13.0 Å². The molecule has 0 aromatic heterocycles. The van der Waals surface area contributed by atoms with Gasteiger partial charge in [-0.15, -0.1) is 24.0 Å². The molecule has 0 fully saturated rings. The smallest absolute Gasteiger partial charge is 0.190 e. The highest BCUT2D eigenvalue weighted by Gasteiger charge is 2.03. The average molecular weight is 393 g/mol. The molecule has 1 aromatic carbocycles. The highest BCUT2D eigenvalue weighted by molar-refractivity contribution is 14.0. The minimum atomic E-state index is 0. The first kappa shape index (κ1) is 18.8. The predicted molar refractivity (Wildman–Crippen MR) is 93.4 cm³/mol. The number of nitrogens with zero attached hydrogens (tertiary/aromatic N) is 1. The van der Waals surface area contributed by atoms with E-state index in [2.05, 4.69) is 22.5 Å². The normalized spacial score (nSPS) is 10.7. The zero-order chi connectivity index (χ0) is 14.1. The van der Waals surface area contributed by atoms with Crippen molar-refractivity contribution in [3.63, 3.8) is 0 Å². The molecule has 1 aromatic rings. The molecule has 0 atom stereocenters. The van der Waals surface area contributed by atoms with E-state index in [1.807, 2.05) is 12.1 Å². The fourth-order valence-corrected chi connectivity index (χ4v) is 1.66. The first-order valence-electron chi connectivity index (χ1n) is 6.51. The number of phenolic OH excluding ortho intramolecular Hbond substituents is 1. The molecule has 0 saturated heterocycles. The topological polar surface area (TPSA) is 65.9 Å². The van der Waals surface area contributed by atoms with Crippen molar-refractivity contribution in [2.45, 2.75) is 19.8 Å². The molecule has 0 unspecified atom stereocenters. The highest BCUT2D eigenvalue weighted by Crippen LogP contribution is 2.23. The zero-order valence-electron chi connectivity index (χ0n) is 12.3. The van der Waals surface area contributed by atoms with E-state index < -0.39 is 0 Å². The van der Waals surface area contributed by atoms with Gasteiger partial charge < -0.3 is 20.5 Å². The summed E-state index contributed by atoms with van der Waals surface area (Å²) < 4.78 is 5.05. The molecule has 1 rings (SSSR count). The second-order valence-corrected chi connectivity index (χ2v) is 4.17. The summed E-state index contributed by atoms with van der Waals surface area (Å²) in [5.41, 5.74) is 0.888. The second-order valence-electron chi connectivity index (χ2n) is 4.17. The van der Waals surface area contributed by atoms with Crippen LogP contribution in [0.3, 0.4) is 0 Å². The van der Waals surface area contributed by atoms with Crippen LogP contribution in [0, 0.1) is 0 Å². The van der Waals surface area contributed by atoms with E-state index in [1.54, 1.807) is 20.2 Å². The van der Waals surface area contributed by atoms with Crippen molar-refractivity contribution in [2.75, 3.05) is 27.2 Å². The van der Waals surface area contributed by atoms with Crippen LogP contribution in [0.25, 0.3) is 0 Å². The molecule has 0 aliphatic carbocycles. The quantitative estimate of drug-likeness (QED) is 0.394. The number of halogens is 1. The number of methoxy groups -OCH3 is 1. The largest absolute Gasteiger partial charge is 0.508 e. The Morgan fingerprint density at radius 2 is 2.00 bits per heavy atom. The summed E-state index contributed by atoms with van der Waals surface area (Å²) in [7, 11) is 3.33. The summed E-state index contributed by atoms with van der Waals surface area (Å²) >= 11 is 0. The minimum absolute atomic E-state index is 0. The van der Waals surface area contributed by atoms with Crippen molar-refractivity contribution in [1.29, 1.82) is 0 Å². The number of benzene rings is 1. The lowest BCUT2D eigenvalue weighted by molar-refractivity contribution is 0.406. The molecule has 0 amide bonds. The third-order valence-electron chi connectivity index (χ3n) is 2.75. The summed E-state index contributed by atoms with van der Waals surface area (Å²) in [6.45, 7) is 3.71. The van der Waals surface area contributed by atoms with Crippen molar-refractivity contribution in [1.82, 2.24) is 10.6 Å². The number of phenols is 1. The maximum absolute atomic E-state index is 9.83. The van der Waals surface area contributed by atoms with Gasteiger partial charge in [0.2, 0.25) is 0 Å². The molecule has 0 bridgehead atoms. The van der Waals surface area contributed by atoms with E-state index in [0.717, 1.165) is 30.9 Å². The number of aromatic hydroxyl groups is 1. The predicted octanol–water partition coefficient (Wildman–Crippen LogP) is 2.14. The van der Waals surface area contributed by atoms with Crippen LogP contribution in [0.1, 0.15) is 18.9 Å². The van der Waals surface area contributed by atoms with Crippen molar-refractivity contribution in [3.8, 4) is 11.5 Å². The number of ether oxygens (including phenoxy) is 1. The highest BCUT2D eigenvalue weighted by atomic mass is 127. The lowest BCUT2D eigenvalue weighted by atomic mass is 10.1. The molecule has 0 aliphatic heterocycles. The van der Waals surface area contributed by atoms with Crippen LogP contribution in [-0.4, -0.2) is 38.3 Å². The molecule has 3 N–H and O–H groups in total. The summed E-state index contributed by atoms with van der Waals surface area (Å²) in [6.07, 6.45) is 1.78. The summed E-state index contributed by atoms with van der Waals surface area (Å²) in [5, 5.41) is 16.2. The van der Waals surface area contributed by atoms with Gasteiger partial charge in [-0.3, -0.25) is 4.99 Å². The van der Waals surface area contributed by atoms with Gasteiger partial charge in [0.25, 0.3) is 0 Å². The van der Waals surface area contributed by atoms with Crippen LogP contribution in [-0.2, 0) is 6.42 Å².